The topological polar surface area (TPSA) is 85.9 Å². The Kier molecular flexibility index (Phi) is 8.42. The van der Waals surface area contributed by atoms with Crippen LogP contribution in [0, 0.1) is 0 Å². The summed E-state index contributed by atoms with van der Waals surface area (Å²) >= 11 is 6.08. The van der Waals surface area contributed by atoms with Crippen LogP contribution in [0.3, 0.4) is 0 Å². The summed E-state index contributed by atoms with van der Waals surface area (Å²) in [6.45, 7) is 0.521. The van der Waals surface area contributed by atoms with Gasteiger partial charge in [-0.2, -0.15) is 0 Å². The predicted molar refractivity (Wildman–Crippen MR) is 107 cm³/mol. The van der Waals surface area contributed by atoms with E-state index < -0.39 is 6.09 Å². The van der Waals surface area contributed by atoms with Gasteiger partial charge in [0.05, 0.1) is 24.9 Å². The first kappa shape index (κ1) is 21.4. The zero-order chi connectivity index (χ0) is 20.4. The summed E-state index contributed by atoms with van der Waals surface area (Å²) in [5.41, 5.74) is 1.36. The third-order valence-corrected chi connectivity index (χ3v) is 4.11. The number of hydrogen-bond donors (Lipinski definition) is 2. The van der Waals surface area contributed by atoms with Crippen molar-refractivity contribution in [2.45, 2.75) is 19.4 Å². The molecule has 0 spiro atoms. The molecule has 2 N–H and O–H groups in total. The van der Waals surface area contributed by atoms with E-state index >= 15 is 0 Å². The summed E-state index contributed by atoms with van der Waals surface area (Å²) in [6.07, 6.45) is 0.150. The molecule has 0 aliphatic carbocycles. The fourth-order valence-electron chi connectivity index (χ4n) is 2.38. The molecule has 0 radical (unpaired) electrons. The van der Waals surface area contributed by atoms with Crippen molar-refractivity contribution in [2.24, 2.45) is 0 Å². The van der Waals surface area contributed by atoms with E-state index in [-0.39, 0.29) is 18.9 Å². The summed E-state index contributed by atoms with van der Waals surface area (Å²) in [7, 11) is 2.99. The number of ether oxygens (including phenoxy) is 3. The second-order valence-electron chi connectivity index (χ2n) is 5.83. The van der Waals surface area contributed by atoms with Gasteiger partial charge in [0, 0.05) is 19.0 Å². The molecule has 0 aliphatic heterocycles. The van der Waals surface area contributed by atoms with Gasteiger partial charge in [0.15, 0.2) is 0 Å². The highest BCUT2D eigenvalue weighted by atomic mass is 35.5. The minimum Gasteiger partial charge on any atom is -0.495 e. The molecule has 2 amide bonds. The van der Waals surface area contributed by atoms with Gasteiger partial charge in [-0.3, -0.25) is 4.79 Å². The van der Waals surface area contributed by atoms with Crippen LogP contribution < -0.4 is 20.1 Å². The number of amides is 2. The maximum atomic E-state index is 12.1. The summed E-state index contributed by atoms with van der Waals surface area (Å²) in [6, 6.07) is 12.6. The molecule has 0 aromatic heterocycles. The highest BCUT2D eigenvalue weighted by Crippen LogP contribution is 2.35. The number of methoxy groups -OCH3 is 2. The first-order chi connectivity index (χ1) is 13.5. The van der Waals surface area contributed by atoms with Crippen LogP contribution in [0.1, 0.15) is 18.4 Å². The minimum absolute atomic E-state index is 0.200. The van der Waals surface area contributed by atoms with Crippen molar-refractivity contribution >= 4 is 29.3 Å². The van der Waals surface area contributed by atoms with E-state index in [1.165, 1.54) is 14.2 Å². The minimum atomic E-state index is -0.520. The van der Waals surface area contributed by atoms with Gasteiger partial charge in [0.2, 0.25) is 5.91 Å². The van der Waals surface area contributed by atoms with Gasteiger partial charge in [0.1, 0.15) is 18.1 Å². The Balaban J connectivity index is 1.71. The van der Waals surface area contributed by atoms with Crippen molar-refractivity contribution in [3.05, 3.63) is 53.1 Å². The first-order valence-corrected chi connectivity index (χ1v) is 9.07. The number of nitrogens with one attached hydrogen (secondary N) is 2. The number of hydrogen-bond acceptors (Lipinski definition) is 5. The van der Waals surface area contributed by atoms with Crippen LogP contribution >= 0.6 is 11.6 Å². The summed E-state index contributed by atoms with van der Waals surface area (Å²) in [5.74, 6) is 0.672. The SMILES string of the molecule is COc1cc(OC)c(NC(=O)CCCNC(=O)OCc2ccccc2)cc1Cl. The molecule has 0 fully saturated rings. The molecule has 8 heteroatoms. The monoisotopic (exact) mass is 406 g/mol. The molecule has 0 aliphatic rings. The normalized spacial score (nSPS) is 10.1. The fourth-order valence-corrected chi connectivity index (χ4v) is 2.62. The van der Waals surface area contributed by atoms with E-state index in [4.69, 9.17) is 25.8 Å². The summed E-state index contributed by atoms with van der Waals surface area (Å²) < 4.78 is 15.5. The third kappa shape index (κ3) is 6.66. The lowest BCUT2D eigenvalue weighted by Crippen LogP contribution is -2.26. The Morgan fingerprint density at radius 3 is 2.43 bits per heavy atom. The van der Waals surface area contributed by atoms with E-state index in [0.717, 1.165) is 5.56 Å². The van der Waals surface area contributed by atoms with E-state index in [1.54, 1.807) is 12.1 Å². The van der Waals surface area contributed by atoms with E-state index in [0.29, 0.717) is 35.2 Å². The van der Waals surface area contributed by atoms with Crippen molar-refractivity contribution in [1.29, 1.82) is 0 Å². The highest BCUT2D eigenvalue weighted by Gasteiger charge is 2.12. The van der Waals surface area contributed by atoms with Crippen LogP contribution in [-0.4, -0.2) is 32.8 Å². The number of alkyl carbamates (subject to hydrolysis) is 1. The maximum Gasteiger partial charge on any atom is 0.407 e. The van der Waals surface area contributed by atoms with Crippen molar-refractivity contribution in [2.75, 3.05) is 26.1 Å². The maximum absolute atomic E-state index is 12.1. The lowest BCUT2D eigenvalue weighted by Gasteiger charge is -2.13. The Bertz CT molecular complexity index is 799. The van der Waals surface area contributed by atoms with Crippen molar-refractivity contribution in [3.8, 4) is 11.5 Å². The molecule has 0 heterocycles. The molecule has 2 aromatic rings. The number of carbonyl (C=O) groups excluding carboxylic acids is 2. The largest absolute Gasteiger partial charge is 0.495 e. The summed E-state index contributed by atoms with van der Waals surface area (Å²) in [5, 5.41) is 5.72. The number of rotatable bonds is 9. The van der Waals surface area contributed by atoms with Crippen LogP contribution in [0.5, 0.6) is 11.5 Å². The fraction of sp³-hybridized carbons (Fsp3) is 0.300. The van der Waals surface area contributed by atoms with E-state index in [2.05, 4.69) is 10.6 Å². The molecule has 28 heavy (non-hydrogen) atoms. The lowest BCUT2D eigenvalue weighted by atomic mass is 10.2. The number of benzene rings is 2. The van der Waals surface area contributed by atoms with Crippen LogP contribution in [0.25, 0.3) is 0 Å². The molecule has 2 rings (SSSR count). The number of halogens is 1. The van der Waals surface area contributed by atoms with Gasteiger partial charge in [-0.15, -0.1) is 0 Å². The van der Waals surface area contributed by atoms with Crippen LogP contribution in [0.15, 0.2) is 42.5 Å². The van der Waals surface area contributed by atoms with Crippen LogP contribution in [0.4, 0.5) is 10.5 Å². The number of anilines is 1. The Morgan fingerprint density at radius 2 is 1.75 bits per heavy atom. The van der Waals surface area contributed by atoms with Crippen LogP contribution in [-0.2, 0) is 16.1 Å². The average Bonchev–Trinajstić information content (AvgIpc) is 2.70. The third-order valence-electron chi connectivity index (χ3n) is 3.81. The molecule has 0 unspecified atom stereocenters. The zero-order valence-corrected chi connectivity index (χ0v) is 16.5. The van der Waals surface area contributed by atoms with Gasteiger partial charge in [-0.1, -0.05) is 41.9 Å². The smallest absolute Gasteiger partial charge is 0.407 e. The van der Waals surface area contributed by atoms with Gasteiger partial charge in [-0.05, 0) is 18.1 Å². The molecule has 7 nitrogen and oxygen atoms in total. The Morgan fingerprint density at radius 1 is 1.04 bits per heavy atom. The van der Waals surface area contributed by atoms with Crippen molar-refractivity contribution < 1.29 is 23.8 Å². The summed E-state index contributed by atoms with van der Waals surface area (Å²) in [4.78, 5) is 23.8. The molecular weight excluding hydrogens is 384 g/mol. The molecular formula is C20H23ClN2O5. The highest BCUT2D eigenvalue weighted by molar-refractivity contribution is 6.32. The van der Waals surface area contributed by atoms with Gasteiger partial charge in [0.25, 0.3) is 0 Å². The van der Waals surface area contributed by atoms with Gasteiger partial charge < -0.3 is 24.8 Å². The molecule has 2 aromatic carbocycles. The second kappa shape index (κ2) is 11.0. The quantitative estimate of drug-likeness (QED) is 0.614. The first-order valence-electron chi connectivity index (χ1n) is 8.69. The van der Waals surface area contributed by atoms with Gasteiger partial charge >= 0.3 is 6.09 Å². The standard InChI is InChI=1S/C20H23ClN2O5/c1-26-17-12-18(27-2)16(11-15(17)21)23-19(24)9-6-10-22-20(25)28-13-14-7-4-3-5-8-14/h3-5,7-8,11-12H,6,9-10,13H2,1-2H3,(H,22,25)(H,23,24). The van der Waals surface area contributed by atoms with E-state index in [1.807, 2.05) is 30.3 Å². The molecule has 0 saturated carbocycles. The predicted octanol–water partition coefficient (Wildman–Crippen LogP) is 4.00. The van der Waals surface area contributed by atoms with Crippen LogP contribution in [0.2, 0.25) is 5.02 Å². The molecule has 150 valence electrons. The second-order valence-corrected chi connectivity index (χ2v) is 6.23. The molecule has 0 atom stereocenters. The average molecular weight is 407 g/mol. The lowest BCUT2D eigenvalue weighted by molar-refractivity contribution is -0.116. The Hall–Kier alpha value is -2.93. The number of carbonyl (C=O) groups is 2. The van der Waals surface area contributed by atoms with Crippen molar-refractivity contribution in [3.63, 3.8) is 0 Å². The molecule has 0 bridgehead atoms. The van der Waals surface area contributed by atoms with E-state index in [9.17, 15) is 9.59 Å². The van der Waals surface area contributed by atoms with Gasteiger partial charge in [-0.25, -0.2) is 4.79 Å². The zero-order valence-electron chi connectivity index (χ0n) is 15.8. The molecule has 0 saturated heterocycles. The van der Waals surface area contributed by atoms with Crippen molar-refractivity contribution in [1.82, 2.24) is 5.32 Å². The Labute approximate surface area is 168 Å².